The van der Waals surface area contributed by atoms with E-state index in [9.17, 15) is 0 Å². The minimum atomic E-state index is 0.296. The minimum absolute atomic E-state index is 0.296. The van der Waals surface area contributed by atoms with E-state index in [-0.39, 0.29) is 0 Å². The average molecular weight is 284 g/mol. The van der Waals surface area contributed by atoms with Gasteiger partial charge >= 0.3 is 0 Å². The van der Waals surface area contributed by atoms with Crippen molar-refractivity contribution in [2.75, 3.05) is 7.05 Å². The third-order valence-electron chi connectivity index (χ3n) is 3.66. The maximum absolute atomic E-state index is 5.83. The Balaban J connectivity index is 2.06. The maximum Gasteiger partial charge on any atom is 0.145 e. The Morgan fingerprint density at radius 2 is 1.71 bits per heavy atom. The summed E-state index contributed by atoms with van der Waals surface area (Å²) in [6, 6.07) is 12.5. The molecule has 1 atom stereocenters. The minimum Gasteiger partial charge on any atom is -0.456 e. The zero-order valence-corrected chi connectivity index (χ0v) is 13.3. The number of aromatic nitrogens is 1. The van der Waals surface area contributed by atoms with Gasteiger partial charge in [0.2, 0.25) is 0 Å². The molecule has 21 heavy (non-hydrogen) atoms. The summed E-state index contributed by atoms with van der Waals surface area (Å²) < 4.78 is 5.83. The van der Waals surface area contributed by atoms with Crippen molar-refractivity contribution in [1.82, 2.24) is 10.3 Å². The number of pyridine rings is 1. The number of hydrogen-bond acceptors (Lipinski definition) is 3. The summed E-state index contributed by atoms with van der Waals surface area (Å²) in [6.45, 7) is 6.51. The molecule has 0 saturated heterocycles. The van der Waals surface area contributed by atoms with Gasteiger partial charge in [0.1, 0.15) is 11.5 Å². The molecule has 0 radical (unpaired) electrons. The second kappa shape index (κ2) is 7.23. The van der Waals surface area contributed by atoms with Gasteiger partial charge in [0.25, 0.3) is 0 Å². The Morgan fingerprint density at radius 3 is 2.19 bits per heavy atom. The Bertz CT molecular complexity index is 542. The van der Waals surface area contributed by atoms with Gasteiger partial charge in [-0.1, -0.05) is 32.9 Å². The molecule has 2 aromatic rings. The Morgan fingerprint density at radius 1 is 1.05 bits per heavy atom. The van der Waals surface area contributed by atoms with Crippen molar-refractivity contribution < 1.29 is 4.74 Å². The molecule has 0 aliphatic rings. The van der Waals surface area contributed by atoms with Crippen molar-refractivity contribution in [3.8, 4) is 11.5 Å². The topological polar surface area (TPSA) is 34.1 Å². The van der Waals surface area contributed by atoms with E-state index < -0.39 is 0 Å². The first-order valence-electron chi connectivity index (χ1n) is 7.55. The third kappa shape index (κ3) is 4.05. The van der Waals surface area contributed by atoms with Crippen molar-refractivity contribution >= 4 is 0 Å². The van der Waals surface area contributed by atoms with Crippen LogP contribution >= 0.6 is 0 Å². The Hall–Kier alpha value is -1.87. The van der Waals surface area contributed by atoms with E-state index in [0.717, 1.165) is 23.6 Å². The van der Waals surface area contributed by atoms with Gasteiger partial charge in [-0.15, -0.1) is 0 Å². The lowest BCUT2D eigenvalue weighted by atomic mass is 10.0. The van der Waals surface area contributed by atoms with E-state index in [2.05, 4.69) is 43.2 Å². The quantitative estimate of drug-likeness (QED) is 0.837. The second-order valence-corrected chi connectivity index (χ2v) is 5.49. The lowest BCUT2D eigenvalue weighted by Gasteiger charge is -2.13. The molecule has 1 aromatic carbocycles. The monoisotopic (exact) mass is 284 g/mol. The molecule has 0 fully saturated rings. The third-order valence-corrected chi connectivity index (χ3v) is 3.66. The van der Waals surface area contributed by atoms with E-state index in [1.807, 2.05) is 31.3 Å². The molecule has 0 amide bonds. The largest absolute Gasteiger partial charge is 0.456 e. The Kier molecular flexibility index (Phi) is 5.34. The lowest BCUT2D eigenvalue weighted by molar-refractivity contribution is 0.477. The fraction of sp³-hybridized carbons (Fsp3) is 0.389. The smallest absolute Gasteiger partial charge is 0.145 e. The molecule has 2 rings (SSSR count). The summed E-state index contributed by atoms with van der Waals surface area (Å²) in [5.41, 5.74) is 2.36. The van der Waals surface area contributed by atoms with Gasteiger partial charge in [-0.25, -0.2) is 0 Å². The number of hydrogen-bond donors (Lipinski definition) is 1. The van der Waals surface area contributed by atoms with Crippen LogP contribution in [0.4, 0.5) is 0 Å². The standard InChI is InChI=1S/C18H24N2O/c1-5-17(19-4)18-11-10-16(12-20-18)21-15-8-6-14(7-9-15)13(2)3/h6-13,17,19H,5H2,1-4H3. The van der Waals surface area contributed by atoms with E-state index in [0.29, 0.717) is 12.0 Å². The molecule has 1 unspecified atom stereocenters. The fourth-order valence-corrected chi connectivity index (χ4v) is 2.28. The van der Waals surface area contributed by atoms with Crippen LogP contribution in [0, 0.1) is 0 Å². The van der Waals surface area contributed by atoms with Crippen LogP contribution in [-0.4, -0.2) is 12.0 Å². The van der Waals surface area contributed by atoms with Crippen LogP contribution in [0.15, 0.2) is 42.6 Å². The van der Waals surface area contributed by atoms with Crippen LogP contribution in [0.25, 0.3) is 0 Å². The lowest BCUT2D eigenvalue weighted by Crippen LogP contribution is -2.16. The highest BCUT2D eigenvalue weighted by Gasteiger charge is 2.08. The van der Waals surface area contributed by atoms with Gasteiger partial charge in [-0.3, -0.25) is 4.98 Å². The molecule has 1 heterocycles. The summed E-state index contributed by atoms with van der Waals surface area (Å²) in [7, 11) is 1.95. The zero-order chi connectivity index (χ0) is 15.2. The normalized spacial score (nSPS) is 12.4. The molecular weight excluding hydrogens is 260 g/mol. The molecule has 3 nitrogen and oxygen atoms in total. The van der Waals surface area contributed by atoms with Gasteiger partial charge in [0.05, 0.1) is 11.9 Å². The summed E-state index contributed by atoms with van der Waals surface area (Å²) >= 11 is 0. The molecule has 3 heteroatoms. The van der Waals surface area contributed by atoms with Crippen LogP contribution in [0.2, 0.25) is 0 Å². The van der Waals surface area contributed by atoms with E-state index in [1.54, 1.807) is 6.20 Å². The summed E-state index contributed by atoms with van der Waals surface area (Å²) in [6.07, 6.45) is 2.80. The SMILES string of the molecule is CCC(NC)c1ccc(Oc2ccc(C(C)C)cc2)cn1. The van der Waals surface area contributed by atoms with Gasteiger partial charge in [-0.05, 0) is 49.2 Å². The number of rotatable bonds is 6. The first-order chi connectivity index (χ1) is 10.1. The summed E-state index contributed by atoms with van der Waals surface area (Å²) in [5.74, 6) is 2.14. The molecule has 0 aliphatic heterocycles. The van der Waals surface area contributed by atoms with Gasteiger partial charge in [-0.2, -0.15) is 0 Å². The highest BCUT2D eigenvalue weighted by molar-refractivity contribution is 5.33. The van der Waals surface area contributed by atoms with Crippen LogP contribution in [-0.2, 0) is 0 Å². The molecule has 0 spiro atoms. The first-order valence-corrected chi connectivity index (χ1v) is 7.55. The molecule has 1 N–H and O–H groups in total. The molecular formula is C18H24N2O. The first kappa shape index (κ1) is 15.5. The Labute approximate surface area is 127 Å². The van der Waals surface area contributed by atoms with Crippen LogP contribution in [0.3, 0.4) is 0 Å². The number of nitrogens with one attached hydrogen (secondary N) is 1. The highest BCUT2D eigenvalue weighted by Crippen LogP contribution is 2.24. The number of benzene rings is 1. The zero-order valence-electron chi connectivity index (χ0n) is 13.3. The second-order valence-electron chi connectivity index (χ2n) is 5.49. The summed E-state index contributed by atoms with van der Waals surface area (Å²) in [4.78, 5) is 4.48. The molecule has 1 aromatic heterocycles. The van der Waals surface area contributed by atoms with Crippen LogP contribution < -0.4 is 10.1 Å². The van der Waals surface area contributed by atoms with E-state index in [1.165, 1.54) is 5.56 Å². The number of nitrogens with zero attached hydrogens (tertiary/aromatic N) is 1. The van der Waals surface area contributed by atoms with Crippen molar-refractivity contribution in [2.45, 2.75) is 39.2 Å². The molecule has 0 aliphatic carbocycles. The molecule has 0 saturated carbocycles. The predicted molar refractivity (Wildman–Crippen MR) is 86.9 cm³/mol. The van der Waals surface area contributed by atoms with Gasteiger partial charge in [0.15, 0.2) is 0 Å². The van der Waals surface area contributed by atoms with Gasteiger partial charge in [0, 0.05) is 6.04 Å². The van der Waals surface area contributed by atoms with Gasteiger partial charge < -0.3 is 10.1 Å². The van der Waals surface area contributed by atoms with Crippen molar-refractivity contribution in [3.63, 3.8) is 0 Å². The average Bonchev–Trinajstić information content (AvgIpc) is 2.51. The predicted octanol–water partition coefficient (Wildman–Crippen LogP) is 4.67. The molecule has 0 bridgehead atoms. The van der Waals surface area contributed by atoms with Crippen LogP contribution in [0.5, 0.6) is 11.5 Å². The summed E-state index contributed by atoms with van der Waals surface area (Å²) in [5, 5.41) is 3.25. The van der Waals surface area contributed by atoms with Crippen LogP contribution in [0.1, 0.15) is 50.4 Å². The fourth-order valence-electron chi connectivity index (χ4n) is 2.28. The number of ether oxygens (including phenoxy) is 1. The van der Waals surface area contributed by atoms with Crippen molar-refractivity contribution in [2.24, 2.45) is 0 Å². The van der Waals surface area contributed by atoms with Crippen molar-refractivity contribution in [1.29, 1.82) is 0 Å². The molecule has 112 valence electrons. The van der Waals surface area contributed by atoms with E-state index >= 15 is 0 Å². The maximum atomic E-state index is 5.83. The van der Waals surface area contributed by atoms with E-state index in [4.69, 9.17) is 4.74 Å². The highest BCUT2D eigenvalue weighted by atomic mass is 16.5. The van der Waals surface area contributed by atoms with Crippen molar-refractivity contribution in [3.05, 3.63) is 53.9 Å².